The zero-order valence-corrected chi connectivity index (χ0v) is 9.95. The second kappa shape index (κ2) is 4.42. The number of aromatic nitrogens is 2. The van der Waals surface area contributed by atoms with Gasteiger partial charge in [-0.3, -0.25) is 0 Å². The van der Waals surface area contributed by atoms with Gasteiger partial charge in [0.1, 0.15) is 6.07 Å². The highest BCUT2D eigenvalue weighted by molar-refractivity contribution is 7.98. The van der Waals surface area contributed by atoms with Crippen LogP contribution < -0.4 is 0 Å². The summed E-state index contributed by atoms with van der Waals surface area (Å²) in [6, 6.07) is 10.2. The first-order valence-corrected chi connectivity index (χ1v) is 6.04. The number of aryl methyl sites for hydroxylation is 1. The van der Waals surface area contributed by atoms with E-state index in [4.69, 9.17) is 5.26 Å². The summed E-state index contributed by atoms with van der Waals surface area (Å²) in [6.07, 6.45) is 3.70. The van der Waals surface area contributed by atoms with E-state index in [2.05, 4.69) is 11.1 Å². The van der Waals surface area contributed by atoms with Crippen LogP contribution in [0.4, 0.5) is 0 Å². The third kappa shape index (κ3) is 1.82. The summed E-state index contributed by atoms with van der Waals surface area (Å²) < 4.78 is 1.87. The van der Waals surface area contributed by atoms with Crippen LogP contribution in [0.2, 0.25) is 0 Å². The quantitative estimate of drug-likeness (QED) is 0.743. The number of nitrogens with zero attached hydrogens (tertiary/aromatic N) is 3. The van der Waals surface area contributed by atoms with Gasteiger partial charge in [0.05, 0.1) is 12.0 Å². The molecule has 3 nitrogen and oxygen atoms in total. The van der Waals surface area contributed by atoms with Gasteiger partial charge in [-0.15, -0.1) is 11.8 Å². The predicted octanol–water partition coefficient (Wildman–Crippen LogP) is 2.68. The SMILES string of the molecule is CSc1ccc(-c2c(C#N)ncn2C)cc1. The molecule has 0 atom stereocenters. The number of thioether (sulfide) groups is 1. The van der Waals surface area contributed by atoms with E-state index in [1.807, 2.05) is 42.1 Å². The molecule has 0 fully saturated rings. The molecule has 0 spiro atoms. The van der Waals surface area contributed by atoms with Gasteiger partial charge in [-0.1, -0.05) is 12.1 Å². The Morgan fingerprint density at radius 1 is 1.31 bits per heavy atom. The molecule has 0 radical (unpaired) electrons. The first-order valence-electron chi connectivity index (χ1n) is 4.82. The van der Waals surface area contributed by atoms with Crippen LogP contribution in [0.5, 0.6) is 0 Å². The maximum Gasteiger partial charge on any atom is 0.166 e. The van der Waals surface area contributed by atoms with Gasteiger partial charge in [0, 0.05) is 17.5 Å². The van der Waals surface area contributed by atoms with Gasteiger partial charge in [-0.2, -0.15) is 5.26 Å². The lowest BCUT2D eigenvalue weighted by Gasteiger charge is -2.04. The molecule has 0 aliphatic heterocycles. The van der Waals surface area contributed by atoms with Gasteiger partial charge in [0.25, 0.3) is 0 Å². The molecule has 0 aliphatic rings. The van der Waals surface area contributed by atoms with Crippen molar-refractivity contribution in [2.75, 3.05) is 6.26 Å². The molecule has 0 N–H and O–H groups in total. The van der Waals surface area contributed by atoms with Crippen molar-refractivity contribution in [2.24, 2.45) is 7.05 Å². The molecule has 0 bridgehead atoms. The summed E-state index contributed by atoms with van der Waals surface area (Å²) in [5, 5.41) is 8.96. The van der Waals surface area contributed by atoms with Gasteiger partial charge < -0.3 is 4.57 Å². The van der Waals surface area contributed by atoms with Gasteiger partial charge in [-0.25, -0.2) is 4.98 Å². The minimum absolute atomic E-state index is 0.472. The minimum Gasteiger partial charge on any atom is -0.333 e. The van der Waals surface area contributed by atoms with Gasteiger partial charge in [0.2, 0.25) is 0 Å². The zero-order chi connectivity index (χ0) is 11.5. The summed E-state index contributed by atoms with van der Waals surface area (Å²) in [6.45, 7) is 0. The minimum atomic E-state index is 0.472. The summed E-state index contributed by atoms with van der Waals surface area (Å²) in [5.41, 5.74) is 2.36. The Bertz CT molecular complexity index is 534. The van der Waals surface area contributed by atoms with E-state index in [0.717, 1.165) is 11.3 Å². The molecule has 80 valence electrons. The smallest absolute Gasteiger partial charge is 0.166 e. The van der Waals surface area contributed by atoms with Crippen molar-refractivity contribution in [1.29, 1.82) is 5.26 Å². The van der Waals surface area contributed by atoms with Crippen LogP contribution in [0.15, 0.2) is 35.5 Å². The molecular weight excluding hydrogens is 218 g/mol. The van der Waals surface area contributed by atoms with Crippen molar-refractivity contribution in [3.8, 4) is 17.3 Å². The maximum atomic E-state index is 8.96. The molecule has 2 aromatic rings. The third-order valence-corrected chi connectivity index (χ3v) is 3.15. The number of nitriles is 1. The second-order valence-electron chi connectivity index (χ2n) is 3.39. The highest BCUT2D eigenvalue weighted by atomic mass is 32.2. The van der Waals surface area contributed by atoms with Crippen molar-refractivity contribution in [3.05, 3.63) is 36.3 Å². The fourth-order valence-corrected chi connectivity index (χ4v) is 2.01. The normalized spacial score (nSPS) is 10.1. The van der Waals surface area contributed by atoms with E-state index in [0.29, 0.717) is 5.69 Å². The molecule has 0 saturated carbocycles. The monoisotopic (exact) mass is 229 g/mol. The van der Waals surface area contributed by atoms with E-state index in [-0.39, 0.29) is 0 Å². The first kappa shape index (κ1) is 10.8. The van der Waals surface area contributed by atoms with Crippen molar-refractivity contribution < 1.29 is 0 Å². The Hall–Kier alpha value is -1.73. The summed E-state index contributed by atoms with van der Waals surface area (Å²) >= 11 is 1.70. The Kier molecular flexibility index (Phi) is 2.97. The van der Waals surface area contributed by atoms with Crippen LogP contribution >= 0.6 is 11.8 Å². The second-order valence-corrected chi connectivity index (χ2v) is 4.27. The van der Waals surface area contributed by atoms with Crippen LogP contribution in [0.25, 0.3) is 11.3 Å². The summed E-state index contributed by atoms with van der Waals surface area (Å²) in [7, 11) is 1.89. The molecule has 2 rings (SSSR count). The molecule has 0 saturated heterocycles. The lowest BCUT2D eigenvalue weighted by molar-refractivity contribution is 0.921. The average Bonchev–Trinajstić information content (AvgIpc) is 2.70. The van der Waals surface area contributed by atoms with Gasteiger partial charge in [0.15, 0.2) is 5.69 Å². The van der Waals surface area contributed by atoms with E-state index >= 15 is 0 Å². The standard InChI is InChI=1S/C12H11N3S/c1-15-8-14-11(7-13)12(15)9-3-5-10(16-2)6-4-9/h3-6,8H,1-2H3. The zero-order valence-electron chi connectivity index (χ0n) is 9.14. The number of hydrogen-bond acceptors (Lipinski definition) is 3. The Labute approximate surface area is 98.7 Å². The molecule has 1 heterocycles. The molecule has 16 heavy (non-hydrogen) atoms. The first-order chi connectivity index (χ1) is 7.76. The Morgan fingerprint density at radius 2 is 2.00 bits per heavy atom. The third-order valence-electron chi connectivity index (χ3n) is 2.41. The predicted molar refractivity (Wildman–Crippen MR) is 65.1 cm³/mol. The van der Waals surface area contributed by atoms with Crippen molar-refractivity contribution >= 4 is 11.8 Å². The largest absolute Gasteiger partial charge is 0.333 e. The number of rotatable bonds is 2. The number of hydrogen-bond donors (Lipinski definition) is 0. The summed E-state index contributed by atoms with van der Waals surface area (Å²) in [5.74, 6) is 0. The summed E-state index contributed by atoms with van der Waals surface area (Å²) in [4.78, 5) is 5.26. The fourth-order valence-electron chi connectivity index (χ4n) is 1.60. The molecule has 0 amide bonds. The van der Waals surface area contributed by atoms with Crippen molar-refractivity contribution in [3.63, 3.8) is 0 Å². The lowest BCUT2D eigenvalue weighted by Crippen LogP contribution is -1.91. The van der Waals surface area contributed by atoms with Crippen LogP contribution in [0.1, 0.15) is 5.69 Å². The molecule has 0 aliphatic carbocycles. The molecular formula is C12H11N3S. The Morgan fingerprint density at radius 3 is 2.56 bits per heavy atom. The average molecular weight is 229 g/mol. The highest BCUT2D eigenvalue weighted by Crippen LogP contribution is 2.24. The maximum absolute atomic E-state index is 8.96. The molecule has 1 aromatic heterocycles. The topological polar surface area (TPSA) is 41.6 Å². The van der Waals surface area contributed by atoms with Gasteiger partial charge >= 0.3 is 0 Å². The van der Waals surface area contributed by atoms with Crippen LogP contribution in [-0.2, 0) is 7.05 Å². The molecule has 0 unspecified atom stereocenters. The van der Waals surface area contributed by atoms with Crippen molar-refractivity contribution in [2.45, 2.75) is 4.90 Å². The Balaban J connectivity index is 2.50. The van der Waals surface area contributed by atoms with E-state index < -0.39 is 0 Å². The van der Waals surface area contributed by atoms with E-state index in [1.54, 1.807) is 18.1 Å². The van der Waals surface area contributed by atoms with E-state index in [9.17, 15) is 0 Å². The lowest BCUT2D eigenvalue weighted by atomic mass is 10.1. The highest BCUT2D eigenvalue weighted by Gasteiger charge is 2.10. The molecule has 4 heteroatoms. The van der Waals surface area contributed by atoms with Crippen molar-refractivity contribution in [1.82, 2.24) is 9.55 Å². The van der Waals surface area contributed by atoms with E-state index in [1.165, 1.54) is 4.90 Å². The number of imidazole rings is 1. The molecule has 1 aromatic carbocycles. The van der Waals surface area contributed by atoms with Crippen LogP contribution in [-0.4, -0.2) is 15.8 Å². The van der Waals surface area contributed by atoms with Gasteiger partial charge in [-0.05, 0) is 18.4 Å². The number of benzene rings is 1. The van der Waals surface area contributed by atoms with Crippen LogP contribution in [0.3, 0.4) is 0 Å². The fraction of sp³-hybridized carbons (Fsp3) is 0.167. The van der Waals surface area contributed by atoms with Crippen LogP contribution in [0, 0.1) is 11.3 Å².